The van der Waals surface area contributed by atoms with Gasteiger partial charge in [0.1, 0.15) is 5.75 Å². The van der Waals surface area contributed by atoms with E-state index in [1.165, 1.54) is 0 Å². The highest BCUT2D eigenvalue weighted by Gasteiger charge is 1.96. The number of pyridine rings is 1. The van der Waals surface area contributed by atoms with Gasteiger partial charge in [-0.3, -0.25) is 4.98 Å². The van der Waals surface area contributed by atoms with E-state index in [-0.39, 0.29) is 5.75 Å². The monoisotopic (exact) mass is 170 g/mol. The molecule has 0 aliphatic heterocycles. The summed E-state index contributed by atoms with van der Waals surface area (Å²) < 4.78 is 0. The first-order chi connectivity index (χ1) is 6.36. The van der Waals surface area contributed by atoms with Gasteiger partial charge in [0.2, 0.25) is 0 Å². The van der Waals surface area contributed by atoms with Gasteiger partial charge in [0.05, 0.1) is 5.69 Å². The molecular weight excluding hydrogens is 162 g/mol. The summed E-state index contributed by atoms with van der Waals surface area (Å²) in [7, 11) is 0. The molecule has 0 unspecified atom stereocenters. The number of phenolic OH excluding ortho intramolecular Hbond substituents is 1. The van der Waals surface area contributed by atoms with E-state index < -0.39 is 0 Å². The van der Waals surface area contributed by atoms with Gasteiger partial charge >= 0.3 is 0 Å². The Morgan fingerprint density at radius 1 is 1.15 bits per heavy atom. The van der Waals surface area contributed by atoms with Crippen molar-refractivity contribution in [1.29, 1.82) is 0 Å². The van der Waals surface area contributed by atoms with E-state index in [2.05, 4.69) is 11.1 Å². The van der Waals surface area contributed by atoms with Gasteiger partial charge in [-0.1, -0.05) is 0 Å². The summed E-state index contributed by atoms with van der Waals surface area (Å²) in [5, 5.41) is 9.08. The van der Waals surface area contributed by atoms with Crippen molar-refractivity contribution in [2.24, 2.45) is 0 Å². The minimum absolute atomic E-state index is 0.267. The van der Waals surface area contributed by atoms with Gasteiger partial charge in [-0.2, -0.15) is 0 Å². The molecule has 13 heavy (non-hydrogen) atoms. The predicted molar refractivity (Wildman–Crippen MR) is 50.2 cm³/mol. The fourth-order valence-corrected chi connectivity index (χ4v) is 1.11. The van der Waals surface area contributed by atoms with Crippen molar-refractivity contribution in [1.82, 2.24) is 4.98 Å². The third-order valence-corrected chi connectivity index (χ3v) is 1.77. The third-order valence-electron chi connectivity index (χ3n) is 1.77. The van der Waals surface area contributed by atoms with Crippen molar-refractivity contribution in [3.8, 4) is 17.0 Å². The average Bonchev–Trinajstić information content (AvgIpc) is 2.20. The van der Waals surface area contributed by atoms with Gasteiger partial charge in [0.25, 0.3) is 0 Å². The molecule has 1 heterocycles. The molecule has 2 nitrogen and oxygen atoms in total. The maximum Gasteiger partial charge on any atom is 0.115 e. The zero-order chi connectivity index (χ0) is 9.10. The van der Waals surface area contributed by atoms with Gasteiger partial charge < -0.3 is 5.11 Å². The highest BCUT2D eigenvalue weighted by molar-refractivity contribution is 5.59. The van der Waals surface area contributed by atoms with Crippen molar-refractivity contribution in [2.45, 2.75) is 0 Å². The average molecular weight is 170 g/mol. The van der Waals surface area contributed by atoms with Crippen LogP contribution in [-0.2, 0) is 0 Å². The van der Waals surface area contributed by atoms with E-state index in [9.17, 15) is 0 Å². The summed E-state index contributed by atoms with van der Waals surface area (Å²) >= 11 is 0. The second kappa shape index (κ2) is 3.27. The van der Waals surface area contributed by atoms with Crippen LogP contribution < -0.4 is 0 Å². The van der Waals surface area contributed by atoms with Crippen LogP contribution >= 0.6 is 0 Å². The summed E-state index contributed by atoms with van der Waals surface area (Å²) in [5.41, 5.74) is 1.84. The van der Waals surface area contributed by atoms with Crippen LogP contribution in [0.5, 0.6) is 5.75 Å². The lowest BCUT2D eigenvalue weighted by molar-refractivity contribution is 0.475. The number of phenols is 1. The van der Waals surface area contributed by atoms with E-state index in [0.29, 0.717) is 0 Å². The van der Waals surface area contributed by atoms with E-state index >= 15 is 0 Å². The number of hydrogen-bond acceptors (Lipinski definition) is 2. The Morgan fingerprint density at radius 2 is 1.92 bits per heavy atom. The molecule has 0 amide bonds. The minimum atomic E-state index is 0.267. The summed E-state index contributed by atoms with van der Waals surface area (Å²) in [6, 6.07) is 13.5. The number of aromatic hydroxyl groups is 1. The topological polar surface area (TPSA) is 33.1 Å². The predicted octanol–water partition coefficient (Wildman–Crippen LogP) is 2.25. The second-order valence-electron chi connectivity index (χ2n) is 2.69. The molecule has 1 aromatic heterocycles. The summed E-state index contributed by atoms with van der Waals surface area (Å²) in [4.78, 5) is 4.17. The number of hydrogen-bond donors (Lipinski definition) is 1. The lowest BCUT2D eigenvalue weighted by atomic mass is 10.1. The third kappa shape index (κ3) is 1.67. The SMILES string of the molecule is Oc1ccc(-c2c[c]ccn2)cc1. The van der Waals surface area contributed by atoms with E-state index in [0.717, 1.165) is 11.3 Å². The zero-order valence-corrected chi connectivity index (χ0v) is 6.94. The molecular formula is C11H8NO. The molecule has 0 spiro atoms. The van der Waals surface area contributed by atoms with Crippen LogP contribution in [0.2, 0.25) is 0 Å². The Balaban J connectivity index is 2.42. The van der Waals surface area contributed by atoms with Crippen LogP contribution in [-0.4, -0.2) is 10.1 Å². The normalized spacial score (nSPS) is 9.85. The lowest BCUT2D eigenvalue weighted by Gasteiger charge is -1.98. The van der Waals surface area contributed by atoms with E-state index in [4.69, 9.17) is 5.11 Å². The first kappa shape index (κ1) is 7.80. The summed E-state index contributed by atoms with van der Waals surface area (Å²) in [5.74, 6) is 0.267. The molecule has 0 saturated carbocycles. The number of aromatic nitrogens is 1. The van der Waals surface area contributed by atoms with Gasteiger partial charge in [-0.25, -0.2) is 0 Å². The van der Waals surface area contributed by atoms with Crippen molar-refractivity contribution < 1.29 is 5.11 Å². The highest BCUT2D eigenvalue weighted by atomic mass is 16.3. The summed E-state index contributed by atoms with van der Waals surface area (Å²) in [6.45, 7) is 0. The highest BCUT2D eigenvalue weighted by Crippen LogP contribution is 2.18. The molecule has 1 N–H and O–H groups in total. The van der Waals surface area contributed by atoms with Crippen LogP contribution in [0.1, 0.15) is 0 Å². The lowest BCUT2D eigenvalue weighted by Crippen LogP contribution is -1.80. The Labute approximate surface area is 76.5 Å². The molecule has 1 aromatic carbocycles. The first-order valence-electron chi connectivity index (χ1n) is 3.98. The summed E-state index contributed by atoms with van der Waals surface area (Å²) in [6.07, 6.45) is 1.70. The van der Waals surface area contributed by atoms with Crippen molar-refractivity contribution in [2.75, 3.05) is 0 Å². The van der Waals surface area contributed by atoms with Crippen molar-refractivity contribution in [3.05, 3.63) is 48.7 Å². The van der Waals surface area contributed by atoms with Crippen LogP contribution in [0.3, 0.4) is 0 Å². The quantitative estimate of drug-likeness (QED) is 0.712. The van der Waals surface area contributed by atoms with Gasteiger partial charge in [0, 0.05) is 11.8 Å². The number of nitrogens with zero attached hydrogens (tertiary/aromatic N) is 1. The Bertz CT molecular complexity index is 381. The van der Waals surface area contributed by atoms with E-state index in [1.807, 2.05) is 18.2 Å². The Morgan fingerprint density at radius 3 is 2.54 bits per heavy atom. The largest absolute Gasteiger partial charge is 0.508 e. The molecule has 2 heteroatoms. The molecule has 0 bridgehead atoms. The van der Waals surface area contributed by atoms with Crippen LogP contribution in [0.25, 0.3) is 11.3 Å². The van der Waals surface area contributed by atoms with Crippen molar-refractivity contribution >= 4 is 0 Å². The maximum atomic E-state index is 9.08. The van der Waals surface area contributed by atoms with Crippen LogP contribution in [0.15, 0.2) is 42.6 Å². The molecule has 0 fully saturated rings. The van der Waals surface area contributed by atoms with Gasteiger partial charge in [-0.05, 0) is 42.5 Å². The smallest absolute Gasteiger partial charge is 0.115 e. The van der Waals surface area contributed by atoms with Gasteiger partial charge in [0.15, 0.2) is 0 Å². The zero-order valence-electron chi connectivity index (χ0n) is 6.94. The minimum Gasteiger partial charge on any atom is -0.508 e. The second-order valence-corrected chi connectivity index (χ2v) is 2.69. The maximum absolute atomic E-state index is 9.08. The van der Waals surface area contributed by atoms with Gasteiger partial charge in [-0.15, -0.1) is 0 Å². The van der Waals surface area contributed by atoms with Crippen LogP contribution in [0.4, 0.5) is 0 Å². The fraction of sp³-hybridized carbons (Fsp3) is 0. The standard InChI is InChI=1S/C11H8NO/c13-10-6-4-9(5-7-10)11-3-1-2-8-12-11/h2-8,13H. The number of benzene rings is 1. The van der Waals surface area contributed by atoms with Crippen LogP contribution in [0, 0.1) is 6.07 Å². The molecule has 2 aromatic rings. The molecule has 63 valence electrons. The Hall–Kier alpha value is -1.83. The molecule has 2 rings (SSSR count). The molecule has 0 atom stereocenters. The molecule has 0 aliphatic rings. The first-order valence-corrected chi connectivity index (χ1v) is 3.98. The molecule has 0 aliphatic carbocycles. The van der Waals surface area contributed by atoms with E-state index in [1.54, 1.807) is 24.4 Å². The number of rotatable bonds is 1. The fourth-order valence-electron chi connectivity index (χ4n) is 1.11. The molecule has 0 saturated heterocycles. The van der Waals surface area contributed by atoms with Crippen molar-refractivity contribution in [3.63, 3.8) is 0 Å². The Kier molecular flexibility index (Phi) is 1.96. The molecule has 1 radical (unpaired) electrons.